The van der Waals surface area contributed by atoms with Gasteiger partial charge < -0.3 is 10.0 Å². The maximum atomic E-state index is 13.8. The van der Waals surface area contributed by atoms with Crippen LogP contribution in [-0.4, -0.2) is 47.4 Å². The van der Waals surface area contributed by atoms with E-state index in [4.69, 9.17) is 11.6 Å². The average Bonchev–Trinajstić information content (AvgIpc) is 3.17. The predicted octanol–water partition coefficient (Wildman–Crippen LogP) is 4.42. The van der Waals surface area contributed by atoms with Gasteiger partial charge in [0.2, 0.25) is 0 Å². The number of fused-ring (bicyclic) bond motifs is 5. The summed E-state index contributed by atoms with van der Waals surface area (Å²) in [6.45, 7) is 7.66. The molecule has 1 aliphatic heterocycles. The molecule has 7 atom stereocenters. The van der Waals surface area contributed by atoms with Crippen LogP contribution in [0.3, 0.4) is 0 Å². The summed E-state index contributed by atoms with van der Waals surface area (Å²) in [6.07, 6.45) is 10.8. The Labute approximate surface area is 174 Å². The third kappa shape index (κ3) is 2.58. The quantitative estimate of drug-likeness (QED) is 0.546. The van der Waals surface area contributed by atoms with Crippen LogP contribution < -0.4 is 0 Å². The monoisotopic (exact) mass is 405 g/mol. The van der Waals surface area contributed by atoms with Crippen molar-refractivity contribution in [3.05, 3.63) is 11.6 Å². The zero-order chi connectivity index (χ0) is 19.7. The van der Waals surface area contributed by atoms with Crippen LogP contribution in [0.15, 0.2) is 11.6 Å². The number of carbonyl (C=O) groups excluding carboxylic acids is 1. The Hall–Kier alpha value is -0.380. The minimum Gasteiger partial charge on any atom is -0.393 e. The van der Waals surface area contributed by atoms with Gasteiger partial charge in [-0.3, -0.25) is 4.79 Å². The van der Waals surface area contributed by atoms with E-state index in [1.165, 1.54) is 12.0 Å². The smallest absolute Gasteiger partial charge is 0.146 e. The van der Waals surface area contributed by atoms with E-state index in [0.717, 1.165) is 64.6 Å². The summed E-state index contributed by atoms with van der Waals surface area (Å²) in [5.74, 6) is 3.12. The van der Waals surface area contributed by atoms with E-state index >= 15 is 0 Å². The number of carbonyl (C=O) groups is 1. The standard InChI is InChI=1S/C24H36ClNO2/c1-22-7-5-17(27)13-16(22)3-4-18-19(22)6-8-23(2)20(18)14-24(21(23)28)9-11-26(15-24)12-10-25/h3,17-20,27H,4-15H2,1-2H3/t17-,18+,19-,20-,22-,23-,24-/m0/s1. The van der Waals surface area contributed by atoms with Crippen LogP contribution in [0.5, 0.6) is 0 Å². The van der Waals surface area contributed by atoms with Gasteiger partial charge in [-0.15, -0.1) is 11.6 Å². The number of rotatable bonds is 2. The van der Waals surface area contributed by atoms with E-state index < -0.39 is 0 Å². The van der Waals surface area contributed by atoms with Crippen LogP contribution in [0, 0.1) is 34.0 Å². The molecule has 0 amide bonds. The fourth-order valence-electron chi connectivity index (χ4n) is 8.36. The van der Waals surface area contributed by atoms with Crippen molar-refractivity contribution in [3.63, 3.8) is 0 Å². The molecule has 156 valence electrons. The second-order valence-corrected chi connectivity index (χ2v) is 11.5. The van der Waals surface area contributed by atoms with E-state index in [1.807, 2.05) is 0 Å². The molecule has 0 bridgehead atoms. The summed E-state index contributed by atoms with van der Waals surface area (Å²) in [7, 11) is 0. The number of hydrogen-bond donors (Lipinski definition) is 1. The maximum absolute atomic E-state index is 13.8. The molecule has 3 nitrogen and oxygen atoms in total. The van der Waals surface area contributed by atoms with Crippen LogP contribution in [0.25, 0.3) is 0 Å². The van der Waals surface area contributed by atoms with Crippen molar-refractivity contribution in [2.45, 2.75) is 71.3 Å². The number of Topliss-reactive ketones (excluding diaryl/α,β-unsaturated/α-hetero) is 1. The molecule has 0 aromatic heterocycles. The molecule has 0 aromatic rings. The summed E-state index contributed by atoms with van der Waals surface area (Å²) >= 11 is 5.99. The fraction of sp³-hybridized carbons (Fsp3) is 0.875. The van der Waals surface area contributed by atoms with E-state index in [9.17, 15) is 9.90 Å². The second-order valence-electron chi connectivity index (χ2n) is 11.1. The molecule has 4 heteroatoms. The van der Waals surface area contributed by atoms with Crippen LogP contribution in [0.4, 0.5) is 0 Å². The molecule has 0 aromatic carbocycles. The summed E-state index contributed by atoms with van der Waals surface area (Å²) in [5.41, 5.74) is 1.55. The normalized spacial score (nSPS) is 51.0. The van der Waals surface area contributed by atoms with Crippen LogP contribution in [0.2, 0.25) is 0 Å². The number of alkyl halides is 1. The average molecular weight is 406 g/mol. The van der Waals surface area contributed by atoms with Crippen LogP contribution >= 0.6 is 11.6 Å². The minimum atomic E-state index is -0.146. The molecule has 0 unspecified atom stereocenters. The number of halogens is 1. The van der Waals surface area contributed by atoms with Gasteiger partial charge in [0.1, 0.15) is 5.78 Å². The predicted molar refractivity (Wildman–Crippen MR) is 112 cm³/mol. The summed E-state index contributed by atoms with van der Waals surface area (Å²) in [5, 5.41) is 10.2. The third-order valence-corrected chi connectivity index (χ3v) is 10.1. The van der Waals surface area contributed by atoms with Gasteiger partial charge in [0, 0.05) is 29.8 Å². The zero-order valence-corrected chi connectivity index (χ0v) is 18.3. The first kappa shape index (κ1) is 19.6. The molecule has 1 saturated heterocycles. The Kier molecular flexibility index (Phi) is 4.58. The van der Waals surface area contributed by atoms with Gasteiger partial charge >= 0.3 is 0 Å². The highest BCUT2D eigenvalue weighted by atomic mass is 35.5. The number of nitrogens with zero attached hydrogens (tertiary/aromatic N) is 1. The SMILES string of the molecule is C[C@]12CC[C@H](O)CC1=CC[C@@H]1[C@@H]2CC[C@]2(C)C(=O)[C@@]3(CCN(CCCl)C3)C[C@@H]12. The van der Waals surface area contributed by atoms with Crippen LogP contribution in [-0.2, 0) is 4.79 Å². The zero-order valence-electron chi connectivity index (χ0n) is 17.6. The number of likely N-dealkylation sites (tertiary alicyclic amines) is 1. The summed E-state index contributed by atoms with van der Waals surface area (Å²) in [6, 6.07) is 0. The first-order valence-electron chi connectivity index (χ1n) is 11.5. The Bertz CT molecular complexity index is 707. The van der Waals surface area contributed by atoms with Gasteiger partial charge in [-0.2, -0.15) is 0 Å². The lowest BCUT2D eigenvalue weighted by atomic mass is 9.48. The highest BCUT2D eigenvalue weighted by Gasteiger charge is 2.66. The van der Waals surface area contributed by atoms with Crippen molar-refractivity contribution in [1.82, 2.24) is 4.90 Å². The first-order valence-corrected chi connectivity index (χ1v) is 12.1. The van der Waals surface area contributed by atoms with Crippen molar-refractivity contribution < 1.29 is 9.90 Å². The molecule has 1 heterocycles. The highest BCUT2D eigenvalue weighted by molar-refractivity contribution is 6.18. The van der Waals surface area contributed by atoms with Gasteiger partial charge in [0.05, 0.1) is 6.10 Å². The molecular weight excluding hydrogens is 370 g/mol. The number of hydrogen-bond acceptors (Lipinski definition) is 3. The lowest BCUT2D eigenvalue weighted by Crippen LogP contribution is -2.50. The van der Waals surface area contributed by atoms with Crippen molar-refractivity contribution in [2.24, 2.45) is 34.0 Å². The van der Waals surface area contributed by atoms with E-state index in [-0.39, 0.29) is 22.3 Å². The number of aliphatic hydroxyl groups is 1. The first-order chi connectivity index (χ1) is 13.3. The summed E-state index contributed by atoms with van der Waals surface area (Å²) < 4.78 is 0. The number of ketones is 1. The highest BCUT2D eigenvalue weighted by Crippen LogP contribution is 2.67. The molecular formula is C24H36ClNO2. The largest absolute Gasteiger partial charge is 0.393 e. The Morgan fingerprint density at radius 3 is 2.75 bits per heavy atom. The fourth-order valence-corrected chi connectivity index (χ4v) is 8.60. The lowest BCUT2D eigenvalue weighted by Gasteiger charge is -2.56. The van der Waals surface area contributed by atoms with Crippen molar-refractivity contribution in [2.75, 3.05) is 25.5 Å². The third-order valence-electron chi connectivity index (χ3n) is 9.91. The molecule has 5 aliphatic rings. The van der Waals surface area contributed by atoms with Crippen molar-refractivity contribution in [1.29, 1.82) is 0 Å². The second kappa shape index (κ2) is 6.56. The Morgan fingerprint density at radius 2 is 1.96 bits per heavy atom. The van der Waals surface area contributed by atoms with Gasteiger partial charge in [-0.1, -0.05) is 25.5 Å². The summed E-state index contributed by atoms with van der Waals surface area (Å²) in [4.78, 5) is 16.2. The molecule has 4 fully saturated rings. The van der Waals surface area contributed by atoms with E-state index in [0.29, 0.717) is 29.4 Å². The Morgan fingerprint density at radius 1 is 1.18 bits per heavy atom. The van der Waals surface area contributed by atoms with E-state index in [1.54, 1.807) is 0 Å². The van der Waals surface area contributed by atoms with Crippen molar-refractivity contribution in [3.8, 4) is 0 Å². The molecule has 3 saturated carbocycles. The molecule has 1 N–H and O–H groups in total. The molecule has 5 rings (SSSR count). The minimum absolute atomic E-state index is 0.103. The topological polar surface area (TPSA) is 40.5 Å². The van der Waals surface area contributed by atoms with Gasteiger partial charge in [0.25, 0.3) is 0 Å². The van der Waals surface area contributed by atoms with Gasteiger partial charge in [-0.05, 0) is 81.1 Å². The number of aliphatic hydroxyl groups excluding tert-OH is 1. The van der Waals surface area contributed by atoms with Gasteiger partial charge in [0.15, 0.2) is 0 Å². The lowest BCUT2D eigenvalue weighted by molar-refractivity contribution is -0.137. The van der Waals surface area contributed by atoms with E-state index in [2.05, 4.69) is 24.8 Å². The Balaban J connectivity index is 1.45. The molecule has 1 spiro atoms. The molecule has 28 heavy (non-hydrogen) atoms. The molecule has 0 radical (unpaired) electrons. The number of allylic oxidation sites excluding steroid dienone is 1. The molecule has 4 aliphatic carbocycles. The van der Waals surface area contributed by atoms with Gasteiger partial charge in [-0.25, -0.2) is 0 Å². The van der Waals surface area contributed by atoms with Crippen LogP contribution in [0.1, 0.15) is 65.2 Å². The maximum Gasteiger partial charge on any atom is 0.146 e. The van der Waals surface area contributed by atoms with Crippen molar-refractivity contribution >= 4 is 17.4 Å².